The quantitative estimate of drug-likeness (QED) is 0.139. The van der Waals surface area contributed by atoms with Crippen molar-refractivity contribution in [2.45, 2.75) is 77.0 Å². The standard InChI is InChI=1S/C19H36N6O6/c1-10(2)15(22)18(29)24-12(6-4-5-9-20)17(28)23-11(3)16(27)25-13(19(30)31)7-8-14(21)26/h10-13,15H,4-9,20,22H2,1-3H3,(H2,21,26)(H,23,28)(H,24,29)(H,25,27)(H,30,31). The number of amides is 4. The molecule has 0 aromatic heterocycles. The Labute approximate surface area is 182 Å². The van der Waals surface area contributed by atoms with E-state index in [0.717, 1.165) is 0 Å². The molecule has 0 saturated heterocycles. The maximum atomic E-state index is 12.7. The summed E-state index contributed by atoms with van der Waals surface area (Å²) >= 11 is 0. The molecule has 4 atom stereocenters. The number of unbranched alkanes of at least 4 members (excludes halogenated alkanes) is 1. The number of carboxylic acids is 1. The number of primary amides is 1. The van der Waals surface area contributed by atoms with Crippen molar-refractivity contribution >= 4 is 29.6 Å². The third-order valence-corrected chi connectivity index (χ3v) is 4.65. The van der Waals surface area contributed by atoms with Crippen LogP contribution in [0.2, 0.25) is 0 Å². The highest BCUT2D eigenvalue weighted by Gasteiger charge is 2.28. The van der Waals surface area contributed by atoms with Crippen LogP contribution in [0.3, 0.4) is 0 Å². The van der Waals surface area contributed by atoms with Gasteiger partial charge in [-0.15, -0.1) is 0 Å². The summed E-state index contributed by atoms with van der Waals surface area (Å²) in [6.07, 6.45) is 1.11. The average Bonchev–Trinajstić information content (AvgIpc) is 2.68. The van der Waals surface area contributed by atoms with Gasteiger partial charge in [-0.1, -0.05) is 13.8 Å². The Balaban J connectivity index is 5.06. The van der Waals surface area contributed by atoms with Gasteiger partial charge in [0, 0.05) is 6.42 Å². The minimum Gasteiger partial charge on any atom is -0.480 e. The Hall–Kier alpha value is -2.73. The predicted octanol–water partition coefficient (Wildman–Crippen LogP) is -2.08. The molecular formula is C19H36N6O6. The molecule has 0 spiro atoms. The second-order valence-electron chi connectivity index (χ2n) is 7.75. The number of carboxylic acid groups (broad SMARTS) is 1. The van der Waals surface area contributed by atoms with Crippen molar-refractivity contribution in [2.24, 2.45) is 23.1 Å². The van der Waals surface area contributed by atoms with Crippen LogP contribution < -0.4 is 33.2 Å². The van der Waals surface area contributed by atoms with E-state index in [4.69, 9.17) is 17.2 Å². The van der Waals surface area contributed by atoms with Gasteiger partial charge in [-0.2, -0.15) is 0 Å². The molecule has 0 bridgehead atoms. The highest BCUT2D eigenvalue weighted by atomic mass is 16.4. The van der Waals surface area contributed by atoms with Crippen LogP contribution in [-0.4, -0.2) is 65.4 Å². The summed E-state index contributed by atoms with van der Waals surface area (Å²) in [5, 5.41) is 16.5. The summed E-state index contributed by atoms with van der Waals surface area (Å²) in [5.74, 6) is -4.01. The molecule has 0 aromatic rings. The molecule has 0 aliphatic heterocycles. The summed E-state index contributed by atoms with van der Waals surface area (Å²) in [5.41, 5.74) is 16.3. The van der Waals surface area contributed by atoms with Crippen molar-refractivity contribution in [3.8, 4) is 0 Å². The molecule has 4 amide bonds. The number of aliphatic carboxylic acids is 1. The van der Waals surface area contributed by atoms with Gasteiger partial charge >= 0.3 is 5.97 Å². The molecule has 0 radical (unpaired) electrons. The summed E-state index contributed by atoms with van der Waals surface area (Å²) in [4.78, 5) is 59.4. The molecule has 0 rings (SSSR count). The zero-order valence-electron chi connectivity index (χ0n) is 18.3. The molecule has 178 valence electrons. The number of carbonyl (C=O) groups is 5. The Kier molecular flexibility index (Phi) is 13.0. The SMILES string of the molecule is CC(NC(=O)C(CCCCN)NC(=O)C(N)C(C)C)C(=O)NC(CCC(N)=O)C(=O)O. The number of hydrogen-bond acceptors (Lipinski definition) is 7. The average molecular weight is 445 g/mol. The molecule has 12 nitrogen and oxygen atoms in total. The van der Waals surface area contributed by atoms with Crippen LogP contribution in [0.1, 0.15) is 52.9 Å². The van der Waals surface area contributed by atoms with E-state index in [0.29, 0.717) is 25.8 Å². The lowest BCUT2D eigenvalue weighted by Crippen LogP contribution is -2.56. The topological polar surface area (TPSA) is 220 Å². The maximum absolute atomic E-state index is 12.7. The van der Waals surface area contributed by atoms with Gasteiger partial charge < -0.3 is 38.3 Å². The molecule has 0 heterocycles. The Bertz CT molecular complexity index is 641. The summed E-state index contributed by atoms with van der Waals surface area (Å²) in [7, 11) is 0. The van der Waals surface area contributed by atoms with Crippen molar-refractivity contribution < 1.29 is 29.1 Å². The summed E-state index contributed by atoms with van der Waals surface area (Å²) < 4.78 is 0. The van der Waals surface area contributed by atoms with Gasteiger partial charge in [-0.25, -0.2) is 4.79 Å². The lowest BCUT2D eigenvalue weighted by Gasteiger charge is -2.24. The van der Waals surface area contributed by atoms with Crippen LogP contribution in [0, 0.1) is 5.92 Å². The van der Waals surface area contributed by atoms with Gasteiger partial charge in [0.2, 0.25) is 23.6 Å². The normalized spacial score (nSPS) is 14.8. The third-order valence-electron chi connectivity index (χ3n) is 4.65. The highest BCUT2D eigenvalue weighted by molar-refractivity contribution is 5.94. The predicted molar refractivity (Wildman–Crippen MR) is 113 cm³/mol. The van der Waals surface area contributed by atoms with Crippen LogP contribution in [0.5, 0.6) is 0 Å². The number of rotatable bonds is 15. The molecule has 4 unspecified atom stereocenters. The van der Waals surface area contributed by atoms with Crippen molar-refractivity contribution in [3.05, 3.63) is 0 Å². The first-order valence-corrected chi connectivity index (χ1v) is 10.3. The van der Waals surface area contributed by atoms with E-state index in [1.807, 2.05) is 0 Å². The lowest BCUT2D eigenvalue weighted by atomic mass is 10.0. The summed E-state index contributed by atoms with van der Waals surface area (Å²) in [6.45, 7) is 5.35. The molecular weight excluding hydrogens is 408 g/mol. The number of nitrogens with one attached hydrogen (secondary N) is 3. The second-order valence-corrected chi connectivity index (χ2v) is 7.75. The number of hydrogen-bond donors (Lipinski definition) is 7. The Morgan fingerprint density at radius 1 is 0.839 bits per heavy atom. The molecule has 0 aromatic carbocycles. The molecule has 0 fully saturated rings. The Morgan fingerprint density at radius 3 is 1.90 bits per heavy atom. The van der Waals surface area contributed by atoms with E-state index in [1.165, 1.54) is 6.92 Å². The molecule has 31 heavy (non-hydrogen) atoms. The van der Waals surface area contributed by atoms with Crippen LogP contribution in [0.15, 0.2) is 0 Å². The highest BCUT2D eigenvalue weighted by Crippen LogP contribution is 2.05. The molecule has 0 aliphatic carbocycles. The first-order valence-electron chi connectivity index (χ1n) is 10.3. The van der Waals surface area contributed by atoms with Gasteiger partial charge in [0.1, 0.15) is 18.1 Å². The van der Waals surface area contributed by atoms with E-state index < -0.39 is 53.8 Å². The molecule has 0 aliphatic rings. The van der Waals surface area contributed by atoms with Crippen molar-refractivity contribution in [1.29, 1.82) is 0 Å². The minimum absolute atomic E-state index is 0.134. The first kappa shape index (κ1) is 28.3. The largest absolute Gasteiger partial charge is 0.480 e. The van der Waals surface area contributed by atoms with E-state index >= 15 is 0 Å². The fraction of sp³-hybridized carbons (Fsp3) is 0.737. The minimum atomic E-state index is -1.33. The van der Waals surface area contributed by atoms with Crippen LogP contribution in [0.4, 0.5) is 0 Å². The van der Waals surface area contributed by atoms with E-state index in [9.17, 15) is 29.1 Å². The van der Waals surface area contributed by atoms with Gasteiger partial charge in [0.15, 0.2) is 0 Å². The zero-order valence-corrected chi connectivity index (χ0v) is 18.3. The van der Waals surface area contributed by atoms with Crippen molar-refractivity contribution in [3.63, 3.8) is 0 Å². The van der Waals surface area contributed by atoms with Crippen LogP contribution in [-0.2, 0) is 24.0 Å². The van der Waals surface area contributed by atoms with E-state index in [1.54, 1.807) is 13.8 Å². The second kappa shape index (κ2) is 14.3. The van der Waals surface area contributed by atoms with Gasteiger partial charge in [0.05, 0.1) is 6.04 Å². The van der Waals surface area contributed by atoms with Crippen LogP contribution in [0.25, 0.3) is 0 Å². The van der Waals surface area contributed by atoms with E-state index in [2.05, 4.69) is 16.0 Å². The van der Waals surface area contributed by atoms with Crippen molar-refractivity contribution in [2.75, 3.05) is 6.54 Å². The monoisotopic (exact) mass is 444 g/mol. The van der Waals surface area contributed by atoms with E-state index in [-0.39, 0.29) is 18.8 Å². The fourth-order valence-electron chi connectivity index (χ4n) is 2.55. The third kappa shape index (κ3) is 11.3. The molecule has 0 saturated carbocycles. The van der Waals surface area contributed by atoms with Gasteiger partial charge in [-0.05, 0) is 45.1 Å². The molecule has 10 N–H and O–H groups in total. The van der Waals surface area contributed by atoms with Crippen LogP contribution >= 0.6 is 0 Å². The maximum Gasteiger partial charge on any atom is 0.326 e. The number of nitrogens with two attached hydrogens (primary N) is 3. The fourth-order valence-corrected chi connectivity index (χ4v) is 2.55. The molecule has 12 heteroatoms. The van der Waals surface area contributed by atoms with Gasteiger partial charge in [0.25, 0.3) is 0 Å². The zero-order chi connectivity index (χ0) is 24.1. The first-order chi connectivity index (χ1) is 14.4. The number of carbonyl (C=O) groups excluding carboxylic acids is 4. The Morgan fingerprint density at radius 2 is 1.42 bits per heavy atom. The smallest absolute Gasteiger partial charge is 0.326 e. The lowest BCUT2D eigenvalue weighted by molar-refractivity contribution is -0.142. The summed E-state index contributed by atoms with van der Waals surface area (Å²) in [6, 6.07) is -4.14. The van der Waals surface area contributed by atoms with Gasteiger partial charge in [-0.3, -0.25) is 19.2 Å². The van der Waals surface area contributed by atoms with Crippen molar-refractivity contribution in [1.82, 2.24) is 16.0 Å².